The van der Waals surface area contributed by atoms with Crippen molar-refractivity contribution in [1.29, 1.82) is 0 Å². The topological polar surface area (TPSA) is 29.3 Å². The summed E-state index contributed by atoms with van der Waals surface area (Å²) in [7, 11) is 0. The average molecular weight is 709 g/mol. The molecule has 1 aliphatic carbocycles. The molecule has 8 aromatic carbocycles. The molecule has 0 amide bonds. The van der Waals surface area contributed by atoms with Crippen molar-refractivity contribution >= 4 is 60.6 Å². The predicted molar refractivity (Wildman–Crippen MR) is 224 cm³/mol. The molecule has 0 spiro atoms. The van der Waals surface area contributed by atoms with Crippen LogP contribution < -0.4 is 4.90 Å². The predicted octanol–water partition coefficient (Wildman–Crippen LogP) is 13.7. The highest BCUT2D eigenvalue weighted by atomic mass is 32.1. The summed E-state index contributed by atoms with van der Waals surface area (Å²) >= 11 is 1.73. The molecule has 0 saturated carbocycles. The third kappa shape index (κ3) is 4.64. The lowest BCUT2D eigenvalue weighted by molar-refractivity contribution is 0.669. The molecule has 2 aromatic heterocycles. The molecule has 0 aliphatic heterocycles. The largest absolute Gasteiger partial charge is 0.456 e. The highest BCUT2D eigenvalue weighted by molar-refractivity contribution is 7.21. The number of rotatable bonds is 6. The Hall–Kier alpha value is -6.75. The zero-order chi connectivity index (χ0) is 35.6. The van der Waals surface area contributed by atoms with Gasteiger partial charge in [0.1, 0.15) is 16.2 Å². The Labute approximate surface area is 317 Å². The number of hydrogen-bond donors (Lipinski definition) is 0. The number of fused-ring (bicyclic) bond motifs is 7. The van der Waals surface area contributed by atoms with E-state index in [1.807, 2.05) is 18.2 Å². The van der Waals surface area contributed by atoms with Crippen molar-refractivity contribution in [2.24, 2.45) is 0 Å². The van der Waals surface area contributed by atoms with E-state index in [0.717, 1.165) is 59.8 Å². The van der Waals surface area contributed by atoms with E-state index in [1.165, 1.54) is 33.4 Å². The summed E-state index contributed by atoms with van der Waals surface area (Å²) in [5, 5.41) is 3.24. The molecule has 0 fully saturated rings. The molecule has 0 bridgehead atoms. The third-order valence-corrected chi connectivity index (χ3v) is 12.1. The minimum absolute atomic E-state index is 0.512. The molecule has 11 rings (SSSR count). The number of aromatic nitrogens is 1. The van der Waals surface area contributed by atoms with Gasteiger partial charge in [0, 0.05) is 39.5 Å². The zero-order valence-electron chi connectivity index (χ0n) is 29.2. The number of para-hydroxylation sites is 1. The quantitative estimate of drug-likeness (QED) is 0.172. The molecule has 54 heavy (non-hydrogen) atoms. The summed E-state index contributed by atoms with van der Waals surface area (Å²) in [6.45, 7) is 0. The fourth-order valence-corrected chi connectivity index (χ4v) is 9.58. The molecule has 0 N–H and O–H groups in total. The van der Waals surface area contributed by atoms with Gasteiger partial charge >= 0.3 is 0 Å². The van der Waals surface area contributed by atoms with Crippen molar-refractivity contribution in [3.05, 3.63) is 216 Å². The molecule has 3 nitrogen and oxygen atoms in total. The molecule has 0 atom stereocenters. The van der Waals surface area contributed by atoms with Crippen LogP contribution in [-0.2, 0) is 5.41 Å². The summed E-state index contributed by atoms with van der Waals surface area (Å²) in [6.07, 6.45) is 0. The van der Waals surface area contributed by atoms with Crippen molar-refractivity contribution in [3.63, 3.8) is 0 Å². The van der Waals surface area contributed by atoms with Crippen molar-refractivity contribution in [2.75, 3.05) is 4.90 Å². The van der Waals surface area contributed by atoms with Crippen LogP contribution in [0.1, 0.15) is 22.3 Å². The van der Waals surface area contributed by atoms with Crippen LogP contribution in [0.2, 0.25) is 0 Å². The first kappa shape index (κ1) is 30.8. The highest BCUT2D eigenvalue weighted by Gasteiger charge is 2.46. The minimum atomic E-state index is -0.512. The van der Waals surface area contributed by atoms with E-state index in [9.17, 15) is 0 Å². The van der Waals surface area contributed by atoms with E-state index < -0.39 is 5.41 Å². The van der Waals surface area contributed by atoms with Crippen molar-refractivity contribution < 1.29 is 4.42 Å². The molecular formula is C50H32N2OS. The second-order valence-corrected chi connectivity index (χ2v) is 14.9. The fraction of sp³-hybridized carbons (Fsp3) is 0.0200. The molecule has 0 saturated heterocycles. The van der Waals surface area contributed by atoms with Gasteiger partial charge in [-0.25, -0.2) is 4.98 Å². The Bertz CT molecular complexity index is 2960. The maximum atomic E-state index is 6.47. The second-order valence-electron chi connectivity index (χ2n) is 13.9. The fourth-order valence-electron chi connectivity index (χ4n) is 8.63. The smallest absolute Gasteiger partial charge is 0.137 e. The molecular weight excluding hydrogens is 677 g/mol. The summed E-state index contributed by atoms with van der Waals surface area (Å²) in [5.41, 5.74) is 14.0. The van der Waals surface area contributed by atoms with Gasteiger partial charge in [-0.2, -0.15) is 0 Å². The minimum Gasteiger partial charge on any atom is -0.456 e. The standard InChI is InChI=1S/C50H32N2OS/c1-4-14-33(15-5-1)49-51-45-31-37(26-29-48(45)54-49)52(38-25-28-42-41-21-11-13-23-46(41)53-47(42)32-38)36-24-27-40-39-20-10-12-22-43(39)50(44(40)30-36,34-16-6-2-7-17-34)35-18-8-3-9-19-35/h1-32H. The van der Waals surface area contributed by atoms with Crippen molar-refractivity contribution in [3.8, 4) is 21.7 Å². The second kappa shape index (κ2) is 12.2. The Morgan fingerprint density at radius 1 is 0.463 bits per heavy atom. The Morgan fingerprint density at radius 2 is 1.06 bits per heavy atom. The summed E-state index contributed by atoms with van der Waals surface area (Å²) in [5.74, 6) is 0. The normalized spacial score (nSPS) is 13.0. The number of thiazole rings is 1. The SMILES string of the molecule is c1ccc(-c2nc3cc(N(c4ccc5c(c4)C(c4ccccc4)(c4ccccc4)c4ccccc4-5)c4ccc5c(c4)oc4ccccc45)ccc3s2)cc1. The zero-order valence-corrected chi connectivity index (χ0v) is 30.0. The van der Waals surface area contributed by atoms with Crippen LogP contribution in [-0.4, -0.2) is 4.98 Å². The van der Waals surface area contributed by atoms with Crippen LogP contribution in [0.5, 0.6) is 0 Å². The lowest BCUT2D eigenvalue weighted by Gasteiger charge is -2.35. The van der Waals surface area contributed by atoms with E-state index in [0.29, 0.717) is 0 Å². The van der Waals surface area contributed by atoms with E-state index in [2.05, 4.69) is 181 Å². The van der Waals surface area contributed by atoms with Gasteiger partial charge < -0.3 is 9.32 Å². The van der Waals surface area contributed by atoms with E-state index in [4.69, 9.17) is 9.40 Å². The van der Waals surface area contributed by atoms with E-state index in [-0.39, 0.29) is 0 Å². The maximum Gasteiger partial charge on any atom is 0.137 e. The summed E-state index contributed by atoms with van der Waals surface area (Å²) < 4.78 is 7.62. The van der Waals surface area contributed by atoms with Gasteiger partial charge in [-0.15, -0.1) is 11.3 Å². The molecule has 1 aliphatic rings. The molecule has 0 radical (unpaired) electrons. The monoisotopic (exact) mass is 708 g/mol. The maximum absolute atomic E-state index is 6.47. The van der Waals surface area contributed by atoms with Gasteiger partial charge in [-0.3, -0.25) is 0 Å². The average Bonchev–Trinajstić information content (AvgIpc) is 3.92. The summed E-state index contributed by atoms with van der Waals surface area (Å²) in [6, 6.07) is 69.8. The molecule has 4 heteroatoms. The summed E-state index contributed by atoms with van der Waals surface area (Å²) in [4.78, 5) is 7.51. The van der Waals surface area contributed by atoms with Crippen LogP contribution >= 0.6 is 11.3 Å². The first-order chi connectivity index (χ1) is 26.8. The van der Waals surface area contributed by atoms with E-state index >= 15 is 0 Å². The van der Waals surface area contributed by atoms with Crippen LogP contribution in [0.25, 0.3) is 53.9 Å². The Balaban J connectivity index is 1.16. The molecule has 10 aromatic rings. The Morgan fingerprint density at radius 3 is 1.85 bits per heavy atom. The first-order valence-electron chi connectivity index (χ1n) is 18.3. The number of hydrogen-bond acceptors (Lipinski definition) is 4. The van der Waals surface area contributed by atoms with Crippen LogP contribution in [0.4, 0.5) is 17.1 Å². The molecule has 254 valence electrons. The van der Waals surface area contributed by atoms with Gasteiger partial charge in [0.2, 0.25) is 0 Å². The molecule has 0 unspecified atom stereocenters. The number of benzene rings is 8. The van der Waals surface area contributed by atoms with Gasteiger partial charge in [0.05, 0.1) is 15.6 Å². The van der Waals surface area contributed by atoms with Crippen LogP contribution in [0.15, 0.2) is 199 Å². The van der Waals surface area contributed by atoms with Gasteiger partial charge in [-0.05, 0) is 81.9 Å². The van der Waals surface area contributed by atoms with Crippen molar-refractivity contribution in [1.82, 2.24) is 4.98 Å². The highest BCUT2D eigenvalue weighted by Crippen LogP contribution is 2.57. The van der Waals surface area contributed by atoms with Gasteiger partial charge in [-0.1, -0.05) is 140 Å². The van der Waals surface area contributed by atoms with Gasteiger partial charge in [0.25, 0.3) is 0 Å². The lowest BCUT2D eigenvalue weighted by atomic mass is 9.67. The van der Waals surface area contributed by atoms with Crippen molar-refractivity contribution in [2.45, 2.75) is 5.41 Å². The number of nitrogens with zero attached hydrogens (tertiary/aromatic N) is 2. The van der Waals surface area contributed by atoms with Crippen LogP contribution in [0.3, 0.4) is 0 Å². The number of furan rings is 1. The first-order valence-corrected chi connectivity index (χ1v) is 19.1. The van der Waals surface area contributed by atoms with E-state index in [1.54, 1.807) is 11.3 Å². The lowest BCUT2D eigenvalue weighted by Crippen LogP contribution is -2.28. The Kier molecular flexibility index (Phi) is 6.94. The number of anilines is 3. The third-order valence-electron chi connectivity index (χ3n) is 11.0. The van der Waals surface area contributed by atoms with Crippen LogP contribution in [0, 0.1) is 0 Å². The van der Waals surface area contributed by atoms with Gasteiger partial charge in [0.15, 0.2) is 0 Å². The molecule has 2 heterocycles.